The molecule has 1 N–H and O–H groups in total. The third kappa shape index (κ3) is 5.01. The van der Waals surface area contributed by atoms with Crippen molar-refractivity contribution in [2.45, 2.75) is 38.5 Å². The highest BCUT2D eigenvalue weighted by atomic mass is 32.2. The van der Waals surface area contributed by atoms with Crippen LogP contribution in [0.2, 0.25) is 0 Å². The van der Waals surface area contributed by atoms with E-state index in [0.29, 0.717) is 5.82 Å². The Kier molecular flexibility index (Phi) is 7.38. The average molecular weight is 479 g/mol. The Morgan fingerprint density at radius 3 is 2.15 bits per heavy atom. The predicted molar refractivity (Wildman–Crippen MR) is 118 cm³/mol. The monoisotopic (exact) mass is 478 g/mol. The summed E-state index contributed by atoms with van der Waals surface area (Å²) < 4.78 is 46.3. The van der Waals surface area contributed by atoms with E-state index in [4.69, 9.17) is 14.2 Å². The Balaban J connectivity index is 2.04. The van der Waals surface area contributed by atoms with E-state index in [1.165, 1.54) is 32.2 Å². The molecule has 0 bridgehead atoms. The SMILES string of the molecule is COCc1nnc(NS(=O)(=O)[C@@H](C)[C@H](C)c2ncc(C)cn2)n1-c1c(OC)ncnc1OC. The number of nitrogens with zero attached hydrogens (tertiary/aromatic N) is 7. The highest BCUT2D eigenvalue weighted by molar-refractivity contribution is 7.93. The number of ether oxygens (including phenoxy) is 3. The van der Waals surface area contributed by atoms with E-state index in [9.17, 15) is 8.42 Å². The first-order chi connectivity index (χ1) is 15.7. The van der Waals surface area contributed by atoms with Gasteiger partial charge in [0.05, 0.1) is 19.5 Å². The van der Waals surface area contributed by atoms with Crippen LogP contribution in [-0.4, -0.2) is 69.7 Å². The van der Waals surface area contributed by atoms with E-state index in [0.717, 1.165) is 5.56 Å². The van der Waals surface area contributed by atoms with E-state index in [-0.39, 0.29) is 35.8 Å². The van der Waals surface area contributed by atoms with Crippen LogP contribution >= 0.6 is 0 Å². The lowest BCUT2D eigenvalue weighted by Crippen LogP contribution is -2.31. The highest BCUT2D eigenvalue weighted by Gasteiger charge is 2.32. The summed E-state index contributed by atoms with van der Waals surface area (Å²) in [7, 11) is 0.353. The van der Waals surface area contributed by atoms with Crippen molar-refractivity contribution < 1.29 is 22.6 Å². The van der Waals surface area contributed by atoms with Gasteiger partial charge in [0, 0.05) is 25.4 Å². The molecular weight excluding hydrogens is 452 g/mol. The van der Waals surface area contributed by atoms with Crippen LogP contribution in [0.4, 0.5) is 5.95 Å². The van der Waals surface area contributed by atoms with Gasteiger partial charge < -0.3 is 14.2 Å². The van der Waals surface area contributed by atoms with Gasteiger partial charge in [-0.15, -0.1) is 10.2 Å². The van der Waals surface area contributed by atoms with Gasteiger partial charge in [0.2, 0.25) is 27.7 Å². The topological polar surface area (TPSA) is 156 Å². The van der Waals surface area contributed by atoms with E-state index in [1.807, 2.05) is 6.92 Å². The third-order valence-corrected chi connectivity index (χ3v) is 6.86. The average Bonchev–Trinajstić information content (AvgIpc) is 3.18. The summed E-state index contributed by atoms with van der Waals surface area (Å²) in [6, 6.07) is 0. The molecule has 33 heavy (non-hydrogen) atoms. The summed E-state index contributed by atoms with van der Waals surface area (Å²) >= 11 is 0. The van der Waals surface area contributed by atoms with Crippen LogP contribution in [0.5, 0.6) is 11.8 Å². The smallest absolute Gasteiger partial charge is 0.245 e. The number of rotatable bonds is 10. The predicted octanol–water partition coefficient (Wildman–Crippen LogP) is 1.25. The maximum Gasteiger partial charge on any atom is 0.245 e. The van der Waals surface area contributed by atoms with Gasteiger partial charge in [0.25, 0.3) is 0 Å². The molecule has 3 aromatic heterocycles. The second-order valence-electron chi connectivity index (χ2n) is 7.21. The maximum absolute atomic E-state index is 13.3. The molecule has 178 valence electrons. The zero-order chi connectivity index (χ0) is 24.2. The van der Waals surface area contributed by atoms with Gasteiger partial charge in [-0.1, -0.05) is 6.92 Å². The first-order valence-corrected chi connectivity index (χ1v) is 11.4. The molecule has 0 aliphatic rings. The Labute approximate surface area is 191 Å². The molecule has 0 amide bonds. The molecule has 0 radical (unpaired) electrons. The molecule has 3 heterocycles. The van der Waals surface area contributed by atoms with E-state index >= 15 is 0 Å². The van der Waals surface area contributed by atoms with Crippen LogP contribution in [0, 0.1) is 6.92 Å². The zero-order valence-electron chi connectivity index (χ0n) is 19.2. The summed E-state index contributed by atoms with van der Waals surface area (Å²) in [5.41, 5.74) is 1.10. The molecule has 0 aliphatic carbocycles. The molecule has 0 saturated carbocycles. The van der Waals surface area contributed by atoms with Gasteiger partial charge in [0.15, 0.2) is 11.5 Å². The molecule has 3 aromatic rings. The highest BCUT2D eigenvalue weighted by Crippen LogP contribution is 2.32. The van der Waals surface area contributed by atoms with Gasteiger partial charge in [-0.2, -0.15) is 9.97 Å². The first-order valence-electron chi connectivity index (χ1n) is 9.90. The molecule has 0 saturated heterocycles. The van der Waals surface area contributed by atoms with Crippen LogP contribution in [0.1, 0.15) is 37.0 Å². The van der Waals surface area contributed by atoms with Crippen molar-refractivity contribution in [3.05, 3.63) is 35.9 Å². The van der Waals surface area contributed by atoms with Crippen molar-refractivity contribution in [3.8, 4) is 17.4 Å². The molecule has 3 rings (SSSR count). The number of hydrogen-bond donors (Lipinski definition) is 1. The summed E-state index contributed by atoms with van der Waals surface area (Å²) in [4.78, 5) is 16.7. The van der Waals surface area contributed by atoms with Crippen molar-refractivity contribution in [3.63, 3.8) is 0 Å². The van der Waals surface area contributed by atoms with Gasteiger partial charge in [-0.3, -0.25) is 9.29 Å². The molecule has 0 aromatic carbocycles. The van der Waals surface area contributed by atoms with Gasteiger partial charge in [-0.05, 0) is 19.4 Å². The van der Waals surface area contributed by atoms with Crippen LogP contribution in [0.25, 0.3) is 5.69 Å². The lowest BCUT2D eigenvalue weighted by atomic mass is 10.1. The van der Waals surface area contributed by atoms with Crippen molar-refractivity contribution in [1.82, 2.24) is 34.7 Å². The normalized spacial score (nSPS) is 13.4. The Hall–Kier alpha value is -3.39. The van der Waals surface area contributed by atoms with Gasteiger partial charge in [-0.25, -0.2) is 18.4 Å². The molecule has 0 spiro atoms. The van der Waals surface area contributed by atoms with Crippen LogP contribution in [0.15, 0.2) is 18.7 Å². The molecule has 13 nitrogen and oxygen atoms in total. The largest absolute Gasteiger partial charge is 0.479 e. The minimum atomic E-state index is -3.96. The minimum Gasteiger partial charge on any atom is -0.479 e. The third-order valence-electron chi connectivity index (χ3n) is 5.00. The number of aromatic nitrogens is 7. The fourth-order valence-corrected chi connectivity index (χ4v) is 4.25. The zero-order valence-corrected chi connectivity index (χ0v) is 20.0. The first kappa shape index (κ1) is 24.3. The van der Waals surface area contributed by atoms with E-state index in [2.05, 4.69) is 34.9 Å². The molecule has 0 aliphatic heterocycles. The second kappa shape index (κ2) is 10.0. The quantitative estimate of drug-likeness (QED) is 0.447. The number of sulfonamides is 1. The van der Waals surface area contributed by atoms with Gasteiger partial charge in [0.1, 0.15) is 18.8 Å². The molecular formula is C19H26N8O5S. The Morgan fingerprint density at radius 1 is 1.00 bits per heavy atom. The fraction of sp³-hybridized carbons (Fsp3) is 0.474. The second-order valence-corrected chi connectivity index (χ2v) is 9.25. The number of methoxy groups -OCH3 is 3. The van der Waals surface area contributed by atoms with E-state index < -0.39 is 21.2 Å². The van der Waals surface area contributed by atoms with Crippen molar-refractivity contribution in [2.75, 3.05) is 26.1 Å². The minimum absolute atomic E-state index is 0.0269. The molecule has 14 heteroatoms. The standard InChI is InChI=1S/C19H26N8O5S/c1-11-7-20-16(21-8-11)12(2)13(3)33(28,29)26-19-25-24-14(9-30-4)27(19)15-17(31-5)22-10-23-18(15)32-6/h7-8,10,12-13H,9H2,1-6H3,(H,25,26)/t12-,13-/m0/s1. The number of nitrogens with one attached hydrogen (secondary N) is 1. The maximum atomic E-state index is 13.3. The lowest BCUT2D eigenvalue weighted by molar-refractivity contribution is 0.176. The lowest BCUT2D eigenvalue weighted by Gasteiger charge is -2.21. The van der Waals surface area contributed by atoms with Crippen LogP contribution in [-0.2, 0) is 21.4 Å². The molecule has 2 atom stereocenters. The molecule has 0 fully saturated rings. The Bertz CT molecular complexity index is 1180. The number of aryl methyl sites for hydroxylation is 1. The van der Waals surface area contributed by atoms with Crippen molar-refractivity contribution in [2.24, 2.45) is 0 Å². The number of anilines is 1. The summed E-state index contributed by atoms with van der Waals surface area (Å²) in [6.07, 6.45) is 4.55. The summed E-state index contributed by atoms with van der Waals surface area (Å²) in [6.45, 7) is 5.20. The summed E-state index contributed by atoms with van der Waals surface area (Å²) in [5, 5.41) is 7.18. The summed E-state index contributed by atoms with van der Waals surface area (Å²) in [5.74, 6) is 0.367. The molecule has 0 unspecified atom stereocenters. The number of hydrogen-bond acceptors (Lipinski definition) is 11. The Morgan fingerprint density at radius 2 is 1.61 bits per heavy atom. The van der Waals surface area contributed by atoms with Crippen LogP contribution in [0.3, 0.4) is 0 Å². The van der Waals surface area contributed by atoms with Crippen molar-refractivity contribution in [1.29, 1.82) is 0 Å². The van der Waals surface area contributed by atoms with Crippen LogP contribution < -0.4 is 14.2 Å². The fourth-order valence-electron chi connectivity index (χ4n) is 3.01. The van der Waals surface area contributed by atoms with Gasteiger partial charge >= 0.3 is 0 Å². The van der Waals surface area contributed by atoms with Crippen molar-refractivity contribution >= 4 is 16.0 Å². The van der Waals surface area contributed by atoms with E-state index in [1.54, 1.807) is 26.2 Å².